The molecule has 1 atom stereocenters. The predicted octanol–water partition coefficient (Wildman–Crippen LogP) is 4.20. The molecule has 0 aliphatic carbocycles. The molecule has 0 saturated carbocycles. The van der Waals surface area contributed by atoms with Gasteiger partial charge < -0.3 is 29.6 Å². The van der Waals surface area contributed by atoms with Crippen molar-refractivity contribution in [1.82, 2.24) is 5.32 Å². The van der Waals surface area contributed by atoms with Gasteiger partial charge in [0, 0.05) is 25.3 Å². The molecule has 0 aromatic heterocycles. The molecule has 0 spiro atoms. The van der Waals surface area contributed by atoms with Gasteiger partial charge in [0.15, 0.2) is 11.5 Å². The van der Waals surface area contributed by atoms with Crippen molar-refractivity contribution < 1.29 is 28.5 Å². The summed E-state index contributed by atoms with van der Waals surface area (Å²) in [5.74, 6) is 0.610. The number of alkyl carbamates (subject to hydrolysis) is 1. The molecule has 8 heteroatoms. The van der Waals surface area contributed by atoms with Crippen LogP contribution in [0, 0.1) is 0 Å². The van der Waals surface area contributed by atoms with E-state index in [4.69, 9.17) is 18.9 Å². The molecule has 0 aliphatic rings. The van der Waals surface area contributed by atoms with E-state index in [0.717, 1.165) is 11.1 Å². The van der Waals surface area contributed by atoms with Crippen LogP contribution < -0.4 is 20.1 Å². The zero-order chi connectivity index (χ0) is 24.9. The number of ether oxygens (including phenoxy) is 4. The third-order valence-corrected chi connectivity index (χ3v) is 5.08. The zero-order valence-electron chi connectivity index (χ0n) is 19.9. The van der Waals surface area contributed by atoms with Gasteiger partial charge >= 0.3 is 6.09 Å². The van der Waals surface area contributed by atoms with Gasteiger partial charge in [-0.3, -0.25) is 4.79 Å². The van der Waals surface area contributed by atoms with Crippen LogP contribution in [0.15, 0.2) is 78.9 Å². The summed E-state index contributed by atoms with van der Waals surface area (Å²) in [5, 5.41) is 5.54. The number of rotatable bonds is 12. The van der Waals surface area contributed by atoms with Gasteiger partial charge in [-0.15, -0.1) is 0 Å². The minimum absolute atomic E-state index is 0.104. The average molecular weight is 479 g/mol. The maximum atomic E-state index is 13.2. The van der Waals surface area contributed by atoms with E-state index in [1.165, 1.54) is 7.11 Å². The molecule has 0 saturated heterocycles. The first-order valence-electron chi connectivity index (χ1n) is 11.2. The molecule has 184 valence electrons. The summed E-state index contributed by atoms with van der Waals surface area (Å²) in [6, 6.07) is 23.0. The van der Waals surface area contributed by atoms with Crippen molar-refractivity contribution in [3.63, 3.8) is 0 Å². The Morgan fingerprint density at radius 3 is 2.17 bits per heavy atom. The summed E-state index contributed by atoms with van der Waals surface area (Å²) in [6.07, 6.45) is -0.385. The van der Waals surface area contributed by atoms with Crippen LogP contribution in [-0.2, 0) is 27.3 Å². The highest BCUT2D eigenvalue weighted by molar-refractivity contribution is 5.97. The maximum absolute atomic E-state index is 13.2. The minimum atomic E-state index is -0.861. The number of carbonyl (C=O) groups excluding carboxylic acids is 2. The Balaban J connectivity index is 1.69. The monoisotopic (exact) mass is 478 g/mol. The van der Waals surface area contributed by atoms with Crippen LogP contribution in [0.4, 0.5) is 10.5 Å². The van der Waals surface area contributed by atoms with Gasteiger partial charge in [-0.1, -0.05) is 60.7 Å². The smallest absolute Gasteiger partial charge is 0.408 e. The second-order valence-corrected chi connectivity index (χ2v) is 7.64. The zero-order valence-corrected chi connectivity index (χ0v) is 19.9. The highest BCUT2D eigenvalue weighted by Gasteiger charge is 2.23. The van der Waals surface area contributed by atoms with Crippen molar-refractivity contribution in [2.45, 2.75) is 19.1 Å². The fourth-order valence-corrected chi connectivity index (χ4v) is 3.30. The lowest BCUT2D eigenvalue weighted by atomic mass is 10.1. The van der Waals surface area contributed by atoms with Crippen molar-refractivity contribution in [2.24, 2.45) is 0 Å². The first-order valence-corrected chi connectivity index (χ1v) is 11.2. The lowest BCUT2D eigenvalue weighted by Crippen LogP contribution is -2.45. The van der Waals surface area contributed by atoms with Crippen LogP contribution in [0.1, 0.15) is 11.1 Å². The van der Waals surface area contributed by atoms with E-state index >= 15 is 0 Å². The number of hydrogen-bond acceptors (Lipinski definition) is 6. The largest absolute Gasteiger partial charge is 0.493 e. The Morgan fingerprint density at radius 1 is 0.829 bits per heavy atom. The Bertz CT molecular complexity index is 1080. The van der Waals surface area contributed by atoms with Crippen molar-refractivity contribution in [1.29, 1.82) is 0 Å². The Morgan fingerprint density at radius 2 is 1.51 bits per heavy atom. The third-order valence-electron chi connectivity index (χ3n) is 5.08. The molecule has 3 rings (SSSR count). The Labute approximate surface area is 205 Å². The molecule has 0 bridgehead atoms. The van der Waals surface area contributed by atoms with Crippen LogP contribution in [-0.4, -0.2) is 45.5 Å². The molecule has 0 radical (unpaired) electrons. The van der Waals surface area contributed by atoms with Gasteiger partial charge in [0.05, 0.1) is 13.7 Å². The molecule has 3 aromatic carbocycles. The van der Waals surface area contributed by atoms with Crippen LogP contribution in [0.25, 0.3) is 0 Å². The summed E-state index contributed by atoms with van der Waals surface area (Å²) < 4.78 is 21.4. The highest BCUT2D eigenvalue weighted by Crippen LogP contribution is 2.30. The number of methoxy groups -OCH3 is 2. The Kier molecular flexibility index (Phi) is 9.95. The third kappa shape index (κ3) is 8.35. The molecule has 1 unspecified atom stereocenters. The second kappa shape index (κ2) is 13.6. The van der Waals surface area contributed by atoms with Gasteiger partial charge in [-0.25, -0.2) is 4.79 Å². The van der Waals surface area contributed by atoms with Crippen LogP contribution in [0.5, 0.6) is 11.5 Å². The summed E-state index contributed by atoms with van der Waals surface area (Å²) in [7, 11) is 3.12. The summed E-state index contributed by atoms with van der Waals surface area (Å²) >= 11 is 0. The molecule has 0 fully saturated rings. The van der Waals surface area contributed by atoms with E-state index < -0.39 is 18.0 Å². The van der Waals surface area contributed by atoms with Gasteiger partial charge in [0.25, 0.3) is 0 Å². The van der Waals surface area contributed by atoms with Gasteiger partial charge in [0.2, 0.25) is 5.91 Å². The predicted molar refractivity (Wildman–Crippen MR) is 133 cm³/mol. The summed E-state index contributed by atoms with van der Waals surface area (Å²) in [6.45, 7) is 0.844. The van der Waals surface area contributed by atoms with E-state index in [1.807, 2.05) is 60.7 Å². The molecule has 0 heterocycles. The van der Waals surface area contributed by atoms with Gasteiger partial charge in [-0.2, -0.15) is 0 Å². The van der Waals surface area contributed by atoms with Gasteiger partial charge in [-0.05, 0) is 23.3 Å². The quantitative estimate of drug-likeness (QED) is 0.379. The number of anilines is 1. The van der Waals surface area contributed by atoms with E-state index in [-0.39, 0.29) is 6.61 Å². The van der Waals surface area contributed by atoms with E-state index in [2.05, 4.69) is 10.6 Å². The number of benzene rings is 3. The molecular weight excluding hydrogens is 448 g/mol. The first kappa shape index (κ1) is 25.6. The molecule has 2 amide bonds. The molecule has 0 aliphatic heterocycles. The van der Waals surface area contributed by atoms with Crippen LogP contribution in [0.3, 0.4) is 0 Å². The minimum Gasteiger partial charge on any atom is -0.493 e. The lowest BCUT2D eigenvalue weighted by Gasteiger charge is -2.19. The van der Waals surface area contributed by atoms with E-state index in [0.29, 0.717) is 36.8 Å². The average Bonchev–Trinajstić information content (AvgIpc) is 2.88. The molecule has 2 N–H and O–H groups in total. The van der Waals surface area contributed by atoms with Crippen molar-refractivity contribution >= 4 is 17.7 Å². The number of amides is 2. The molecule has 8 nitrogen and oxygen atoms in total. The summed E-state index contributed by atoms with van der Waals surface area (Å²) in [5.41, 5.74) is 2.25. The second-order valence-electron chi connectivity index (χ2n) is 7.64. The van der Waals surface area contributed by atoms with Crippen molar-refractivity contribution in [3.05, 3.63) is 90.0 Å². The number of nitrogens with one attached hydrogen (secondary N) is 2. The van der Waals surface area contributed by atoms with Crippen molar-refractivity contribution in [3.8, 4) is 11.5 Å². The highest BCUT2D eigenvalue weighted by atomic mass is 16.5. The first-order chi connectivity index (χ1) is 17.1. The van der Waals surface area contributed by atoms with Crippen molar-refractivity contribution in [2.75, 3.05) is 32.8 Å². The van der Waals surface area contributed by atoms with Crippen LogP contribution in [0.2, 0.25) is 0 Å². The fraction of sp³-hybridized carbons (Fsp3) is 0.259. The lowest BCUT2D eigenvalue weighted by molar-refractivity contribution is -0.118. The summed E-state index contributed by atoms with van der Waals surface area (Å²) in [4.78, 5) is 25.7. The normalized spacial score (nSPS) is 11.3. The Hall–Kier alpha value is -4.04. The standard InChI is InChI=1S/C27H30N2O6/c1-32-15-16-34-25-18-22(13-14-24(25)33-2)28-26(30)23(17-20-9-5-3-6-10-20)29-27(31)35-19-21-11-7-4-8-12-21/h3-14,18,23H,15-17,19H2,1-2H3,(H,28,30)(H,29,31). The number of carbonyl (C=O) groups is 2. The number of hydrogen-bond donors (Lipinski definition) is 2. The fourth-order valence-electron chi connectivity index (χ4n) is 3.30. The van der Waals surface area contributed by atoms with Crippen LogP contribution >= 0.6 is 0 Å². The molecular formula is C27H30N2O6. The van der Waals surface area contributed by atoms with E-state index in [1.54, 1.807) is 25.3 Å². The van der Waals surface area contributed by atoms with Gasteiger partial charge in [0.1, 0.15) is 19.3 Å². The SMILES string of the molecule is COCCOc1cc(NC(=O)C(Cc2ccccc2)NC(=O)OCc2ccccc2)ccc1OC. The molecule has 35 heavy (non-hydrogen) atoms. The van der Waals surface area contributed by atoms with E-state index in [9.17, 15) is 9.59 Å². The molecule has 3 aromatic rings. The topological polar surface area (TPSA) is 95.1 Å². The maximum Gasteiger partial charge on any atom is 0.408 e.